The number of nitrogens with one attached hydrogen (secondary N) is 1. The normalized spacial score (nSPS) is 16.6. The molecule has 100 valence electrons. The first-order valence-corrected chi connectivity index (χ1v) is 6.91. The van der Waals surface area contributed by atoms with Crippen LogP contribution in [0.3, 0.4) is 0 Å². The Morgan fingerprint density at radius 3 is 2.56 bits per heavy atom. The summed E-state index contributed by atoms with van der Waals surface area (Å²) in [6, 6.07) is 7.49. The molecule has 0 atom stereocenters. The van der Waals surface area contributed by atoms with Crippen LogP contribution < -0.4 is 5.32 Å². The van der Waals surface area contributed by atoms with Gasteiger partial charge in [-0.2, -0.15) is 0 Å². The molecule has 0 heterocycles. The molecule has 1 N–H and O–H groups in total. The summed E-state index contributed by atoms with van der Waals surface area (Å²) in [4.78, 5) is 2.46. The molecular formula is C15H23FN2. The van der Waals surface area contributed by atoms with Crippen LogP contribution in [0.4, 0.5) is 4.39 Å². The van der Waals surface area contributed by atoms with Gasteiger partial charge in [0.2, 0.25) is 0 Å². The molecule has 1 fully saturated rings. The van der Waals surface area contributed by atoms with Crippen molar-refractivity contribution in [3.63, 3.8) is 0 Å². The summed E-state index contributed by atoms with van der Waals surface area (Å²) in [6.07, 6.45) is 5.49. The highest BCUT2D eigenvalue weighted by molar-refractivity contribution is 5.15. The zero-order valence-corrected chi connectivity index (χ0v) is 11.2. The van der Waals surface area contributed by atoms with E-state index in [1.807, 2.05) is 12.1 Å². The fourth-order valence-electron chi connectivity index (χ4n) is 2.62. The van der Waals surface area contributed by atoms with Gasteiger partial charge in [0.1, 0.15) is 5.82 Å². The first-order valence-electron chi connectivity index (χ1n) is 6.91. The standard InChI is InChI=1S/C15H23FN2/c1-18(15-4-2-3-5-15)11-10-17-12-13-6-8-14(16)9-7-13/h6-9,15,17H,2-5,10-12H2,1H3. The maximum Gasteiger partial charge on any atom is 0.123 e. The van der Waals surface area contributed by atoms with Crippen molar-refractivity contribution < 1.29 is 4.39 Å². The lowest BCUT2D eigenvalue weighted by molar-refractivity contribution is 0.245. The van der Waals surface area contributed by atoms with E-state index in [0.29, 0.717) is 0 Å². The van der Waals surface area contributed by atoms with E-state index in [2.05, 4.69) is 17.3 Å². The number of benzene rings is 1. The molecule has 0 amide bonds. The van der Waals surface area contributed by atoms with Crippen LogP contribution in [0, 0.1) is 5.82 Å². The second-order valence-corrected chi connectivity index (χ2v) is 5.22. The van der Waals surface area contributed by atoms with Gasteiger partial charge in [0.25, 0.3) is 0 Å². The number of nitrogens with zero attached hydrogens (tertiary/aromatic N) is 1. The van der Waals surface area contributed by atoms with Crippen molar-refractivity contribution in [2.24, 2.45) is 0 Å². The quantitative estimate of drug-likeness (QED) is 0.781. The Labute approximate surface area is 109 Å². The maximum absolute atomic E-state index is 12.7. The van der Waals surface area contributed by atoms with Gasteiger partial charge in [-0.1, -0.05) is 25.0 Å². The number of hydrogen-bond donors (Lipinski definition) is 1. The summed E-state index contributed by atoms with van der Waals surface area (Å²) in [5.41, 5.74) is 1.14. The lowest BCUT2D eigenvalue weighted by Crippen LogP contribution is -2.35. The van der Waals surface area contributed by atoms with Crippen LogP contribution in [-0.2, 0) is 6.54 Å². The molecule has 0 spiro atoms. The summed E-state index contributed by atoms with van der Waals surface area (Å²) < 4.78 is 12.7. The summed E-state index contributed by atoms with van der Waals surface area (Å²) in [6.45, 7) is 2.90. The average Bonchev–Trinajstić information content (AvgIpc) is 2.90. The molecule has 0 bridgehead atoms. The minimum absolute atomic E-state index is 0.167. The number of likely N-dealkylation sites (N-methyl/N-ethyl adjacent to an activating group) is 1. The van der Waals surface area contributed by atoms with Gasteiger partial charge in [0, 0.05) is 25.7 Å². The third-order valence-corrected chi connectivity index (χ3v) is 3.83. The van der Waals surface area contributed by atoms with E-state index in [9.17, 15) is 4.39 Å². The summed E-state index contributed by atoms with van der Waals surface area (Å²) in [5.74, 6) is -0.167. The summed E-state index contributed by atoms with van der Waals surface area (Å²) >= 11 is 0. The van der Waals surface area contributed by atoms with Crippen molar-refractivity contribution in [3.8, 4) is 0 Å². The summed E-state index contributed by atoms with van der Waals surface area (Å²) in [7, 11) is 2.22. The Kier molecular flexibility index (Phi) is 5.14. The lowest BCUT2D eigenvalue weighted by atomic mass is 10.2. The molecule has 0 unspecified atom stereocenters. The zero-order chi connectivity index (χ0) is 12.8. The monoisotopic (exact) mass is 250 g/mol. The van der Waals surface area contributed by atoms with Crippen molar-refractivity contribution in [3.05, 3.63) is 35.6 Å². The molecule has 0 saturated heterocycles. The molecule has 0 aliphatic heterocycles. The Morgan fingerprint density at radius 1 is 1.22 bits per heavy atom. The van der Waals surface area contributed by atoms with Gasteiger partial charge in [0.05, 0.1) is 0 Å². The van der Waals surface area contributed by atoms with Gasteiger partial charge < -0.3 is 10.2 Å². The van der Waals surface area contributed by atoms with E-state index >= 15 is 0 Å². The first-order chi connectivity index (χ1) is 8.75. The average molecular weight is 250 g/mol. The SMILES string of the molecule is CN(CCNCc1ccc(F)cc1)C1CCCC1. The number of rotatable bonds is 6. The molecule has 0 radical (unpaired) electrons. The Balaban J connectivity index is 1.62. The second-order valence-electron chi connectivity index (χ2n) is 5.22. The number of halogens is 1. The molecule has 1 aliphatic carbocycles. The van der Waals surface area contributed by atoms with E-state index in [-0.39, 0.29) is 5.82 Å². The van der Waals surface area contributed by atoms with Crippen molar-refractivity contribution in [2.75, 3.05) is 20.1 Å². The highest BCUT2D eigenvalue weighted by Gasteiger charge is 2.18. The zero-order valence-electron chi connectivity index (χ0n) is 11.2. The van der Waals surface area contributed by atoms with Crippen LogP contribution in [0.25, 0.3) is 0 Å². The predicted molar refractivity (Wildman–Crippen MR) is 73.0 cm³/mol. The first kappa shape index (κ1) is 13.5. The Morgan fingerprint density at radius 2 is 1.89 bits per heavy atom. The Bertz CT molecular complexity index is 344. The van der Waals surface area contributed by atoms with Crippen LogP contribution >= 0.6 is 0 Å². The highest BCUT2D eigenvalue weighted by Crippen LogP contribution is 2.21. The fraction of sp³-hybridized carbons (Fsp3) is 0.600. The van der Waals surface area contributed by atoms with Gasteiger partial charge in [-0.15, -0.1) is 0 Å². The van der Waals surface area contributed by atoms with E-state index in [4.69, 9.17) is 0 Å². The van der Waals surface area contributed by atoms with Crippen molar-refractivity contribution >= 4 is 0 Å². The molecule has 0 aromatic heterocycles. The third kappa shape index (κ3) is 4.07. The van der Waals surface area contributed by atoms with Gasteiger partial charge in [0.15, 0.2) is 0 Å². The molecule has 3 heteroatoms. The van der Waals surface area contributed by atoms with E-state index in [1.165, 1.54) is 37.8 Å². The smallest absolute Gasteiger partial charge is 0.123 e. The highest BCUT2D eigenvalue weighted by atomic mass is 19.1. The molecule has 18 heavy (non-hydrogen) atoms. The van der Waals surface area contributed by atoms with Crippen LogP contribution in [0.15, 0.2) is 24.3 Å². The molecular weight excluding hydrogens is 227 g/mol. The molecule has 1 saturated carbocycles. The largest absolute Gasteiger partial charge is 0.311 e. The van der Waals surface area contributed by atoms with Crippen molar-refractivity contribution in [1.82, 2.24) is 10.2 Å². The predicted octanol–water partition coefficient (Wildman–Crippen LogP) is 2.79. The Hall–Kier alpha value is -0.930. The van der Waals surface area contributed by atoms with E-state index < -0.39 is 0 Å². The molecule has 2 nitrogen and oxygen atoms in total. The molecule has 1 aromatic rings. The summed E-state index contributed by atoms with van der Waals surface area (Å²) in [5, 5.41) is 3.41. The minimum Gasteiger partial charge on any atom is -0.311 e. The third-order valence-electron chi connectivity index (χ3n) is 3.83. The van der Waals surface area contributed by atoms with Crippen LogP contribution in [-0.4, -0.2) is 31.1 Å². The van der Waals surface area contributed by atoms with Crippen LogP contribution in [0.5, 0.6) is 0 Å². The van der Waals surface area contributed by atoms with E-state index in [1.54, 1.807) is 0 Å². The fourth-order valence-corrected chi connectivity index (χ4v) is 2.62. The van der Waals surface area contributed by atoms with Gasteiger partial charge in [-0.25, -0.2) is 4.39 Å². The minimum atomic E-state index is -0.167. The number of hydrogen-bond acceptors (Lipinski definition) is 2. The van der Waals surface area contributed by atoms with Crippen LogP contribution in [0.1, 0.15) is 31.2 Å². The molecule has 2 rings (SSSR count). The molecule has 1 aliphatic rings. The maximum atomic E-state index is 12.7. The van der Waals surface area contributed by atoms with E-state index in [0.717, 1.165) is 31.2 Å². The molecule has 1 aromatic carbocycles. The van der Waals surface area contributed by atoms with Crippen LogP contribution in [0.2, 0.25) is 0 Å². The topological polar surface area (TPSA) is 15.3 Å². The van der Waals surface area contributed by atoms with Crippen molar-refractivity contribution in [2.45, 2.75) is 38.3 Å². The second kappa shape index (κ2) is 6.86. The van der Waals surface area contributed by atoms with Gasteiger partial charge in [-0.05, 0) is 37.6 Å². The van der Waals surface area contributed by atoms with Crippen molar-refractivity contribution in [1.29, 1.82) is 0 Å². The lowest BCUT2D eigenvalue weighted by Gasteiger charge is -2.23. The van der Waals surface area contributed by atoms with Gasteiger partial charge in [-0.3, -0.25) is 0 Å². The van der Waals surface area contributed by atoms with Gasteiger partial charge >= 0.3 is 0 Å².